The van der Waals surface area contributed by atoms with Gasteiger partial charge in [0.15, 0.2) is 5.71 Å². The molecule has 5 aromatic rings. The van der Waals surface area contributed by atoms with Gasteiger partial charge >= 0.3 is 5.97 Å². The highest BCUT2D eigenvalue weighted by Gasteiger charge is 2.49. The van der Waals surface area contributed by atoms with Gasteiger partial charge in [-0.05, 0) is 127 Å². The summed E-state index contributed by atoms with van der Waals surface area (Å²) in [6.45, 7) is 6.53. The van der Waals surface area contributed by atoms with Crippen molar-refractivity contribution >= 4 is 102 Å². The van der Waals surface area contributed by atoms with Crippen LogP contribution >= 0.6 is 0 Å². The lowest BCUT2D eigenvalue weighted by molar-refractivity contribution is -0.437. The third-order valence-electron chi connectivity index (χ3n) is 14.6. The minimum atomic E-state index is -5.13. The largest absolute Gasteiger partial charge is 0.385 e. The maximum atomic E-state index is 13.4. The number of carbonyl (C=O) groups excluding carboxylic acids is 3. The van der Waals surface area contributed by atoms with Crippen LogP contribution in [0, 0.1) is 0 Å². The first-order chi connectivity index (χ1) is 37.0. The van der Waals surface area contributed by atoms with E-state index in [1.54, 1.807) is 49.3 Å². The molecule has 1 saturated heterocycles. The number of rotatable bonds is 21. The summed E-state index contributed by atoms with van der Waals surface area (Å²) in [6, 6.07) is 18.9. The Morgan fingerprint density at radius 2 is 1.32 bits per heavy atom. The van der Waals surface area contributed by atoms with E-state index >= 15 is 0 Å². The molecule has 0 saturated carbocycles. The van der Waals surface area contributed by atoms with Crippen molar-refractivity contribution in [2.75, 3.05) is 51.2 Å². The van der Waals surface area contributed by atoms with Crippen LogP contribution in [0.4, 0.5) is 11.4 Å². The van der Waals surface area contributed by atoms with Crippen molar-refractivity contribution in [3.8, 4) is 0 Å². The molecule has 4 N–H and O–H groups in total. The van der Waals surface area contributed by atoms with Crippen molar-refractivity contribution < 1.29 is 85.2 Å². The summed E-state index contributed by atoms with van der Waals surface area (Å²) in [7, 11) is -16.3. The lowest BCUT2D eigenvalue weighted by atomic mass is 9.74. The number of allylic oxidation sites excluding steroid dienone is 6. The van der Waals surface area contributed by atoms with Crippen LogP contribution in [0.2, 0.25) is 0 Å². The quantitative estimate of drug-likeness (QED) is 0.0241. The number of hydroxylamine groups is 2. The Balaban J connectivity index is 1.38. The number of carbonyl (C=O) groups is 3. The molecule has 0 aliphatic carbocycles. The smallest absolute Gasteiger partial charge is 0.363 e. The highest BCUT2D eigenvalue weighted by molar-refractivity contribution is 7.87. The van der Waals surface area contributed by atoms with Gasteiger partial charge in [0.05, 0.1) is 26.5 Å². The van der Waals surface area contributed by atoms with Crippen LogP contribution in [-0.2, 0) is 75.2 Å². The van der Waals surface area contributed by atoms with E-state index < -0.39 is 84.6 Å². The first-order valence-electron chi connectivity index (χ1n) is 24.8. The number of benzene rings is 5. The molecule has 5 aromatic carbocycles. The Bertz CT molecular complexity index is 3930. The van der Waals surface area contributed by atoms with Crippen LogP contribution in [0.5, 0.6) is 0 Å². The summed E-state index contributed by atoms with van der Waals surface area (Å²) in [5, 5.41) is 1.64. The molecule has 25 heteroatoms. The van der Waals surface area contributed by atoms with E-state index in [1.807, 2.05) is 38.1 Å². The summed E-state index contributed by atoms with van der Waals surface area (Å²) >= 11 is 0. The molecular weight excluding hydrogens is 1110 g/mol. The monoisotopic (exact) mass is 1160 g/mol. The predicted octanol–water partition coefficient (Wildman–Crippen LogP) is 7.37. The van der Waals surface area contributed by atoms with Gasteiger partial charge in [-0.15, -0.1) is 5.06 Å². The van der Waals surface area contributed by atoms with E-state index in [4.69, 9.17) is 14.3 Å². The van der Waals surface area contributed by atoms with Gasteiger partial charge in [0.2, 0.25) is 5.69 Å². The van der Waals surface area contributed by atoms with Crippen LogP contribution in [0.3, 0.4) is 0 Å². The first kappa shape index (κ1) is 58.6. The van der Waals surface area contributed by atoms with E-state index in [9.17, 15) is 66.3 Å². The van der Waals surface area contributed by atoms with Gasteiger partial charge < -0.3 is 19.2 Å². The Morgan fingerprint density at radius 1 is 0.709 bits per heavy atom. The summed E-state index contributed by atoms with van der Waals surface area (Å²) in [4.78, 5) is 43.0. The van der Waals surface area contributed by atoms with Gasteiger partial charge in [0.25, 0.3) is 52.3 Å². The van der Waals surface area contributed by atoms with E-state index in [1.165, 1.54) is 43.5 Å². The Hall–Kier alpha value is -6.52. The number of anilines is 1. The van der Waals surface area contributed by atoms with Crippen molar-refractivity contribution in [2.45, 2.75) is 84.8 Å². The lowest BCUT2D eigenvalue weighted by Gasteiger charge is -2.30. The molecule has 3 aliphatic heterocycles. The Kier molecular flexibility index (Phi) is 16.5. The molecular formula is C54H58N3O18S4+. The number of imide groups is 1. The SMILES string of the molecule is CCC[N+]1=C(/C=C/C(=C/C=C2/N(CCCS(=O)(=O)O)c3ccc4c(S(=O)(=O)O)cc(S(=O)(=O)O)cc4c3C2(C)CCOC)c2ccc(C(=O)ON3C(=O)CCC3=O)cc2)C(C)(CCOC)c2c1ccc1ccc(S(=O)(=O)O)cc21. The topological polar surface area (TPSA) is 306 Å². The van der Waals surface area contributed by atoms with Gasteiger partial charge in [-0.25, -0.2) is 4.79 Å². The number of hydrogen-bond donors (Lipinski definition) is 4. The number of hydrogen-bond acceptors (Lipinski definition) is 15. The zero-order chi connectivity index (χ0) is 57.6. The second kappa shape index (κ2) is 22.2. The maximum Gasteiger partial charge on any atom is 0.363 e. The normalized spacial score (nSPS) is 19.7. The van der Waals surface area contributed by atoms with E-state index in [0.717, 1.165) is 23.0 Å². The summed E-state index contributed by atoms with van der Waals surface area (Å²) < 4.78 is 155. The van der Waals surface area contributed by atoms with Crippen LogP contribution in [-0.4, -0.2) is 131 Å². The van der Waals surface area contributed by atoms with Gasteiger partial charge in [0.1, 0.15) is 11.4 Å². The second-order valence-corrected chi connectivity index (χ2v) is 25.6. The standard InChI is InChI=1S/C54H57N3O18S4/c1-6-26-55-43-18-13-36-12-16-38(77(64,65)66)31-41(36)50(43)53(2,24-28-73-4)46(55)20-14-35(34-8-10-37(11-9-34)52(60)75-57-48(58)22-23-49(57)59)15-21-47-54(3,25-29-74-5)51-42-32-39(78(67,68)69)33-45(79(70,71)72)40(42)17-19-44(51)56(47)27-7-30-76(61,62)63/h8-21,31-33H,6-7,22-30H2,1-5H3,(H3-,61,62,63,64,65,66,67,68,69,70,71,72)/p+1. The van der Waals surface area contributed by atoms with Crippen molar-refractivity contribution in [3.63, 3.8) is 0 Å². The van der Waals surface area contributed by atoms with E-state index in [-0.39, 0.29) is 66.7 Å². The van der Waals surface area contributed by atoms with Gasteiger partial charge in [-0.1, -0.05) is 37.3 Å². The fourth-order valence-electron chi connectivity index (χ4n) is 10.8. The Labute approximate surface area is 457 Å². The lowest BCUT2D eigenvalue weighted by Crippen LogP contribution is -2.33. The molecule has 79 heavy (non-hydrogen) atoms. The third kappa shape index (κ3) is 11.7. The van der Waals surface area contributed by atoms with Gasteiger partial charge in [-0.2, -0.15) is 38.2 Å². The molecule has 0 spiro atoms. The zero-order valence-electron chi connectivity index (χ0n) is 43.6. The molecule has 2 amide bonds. The van der Waals surface area contributed by atoms with Gasteiger partial charge in [0, 0.05) is 93.1 Å². The molecule has 0 aromatic heterocycles. The van der Waals surface area contributed by atoms with Gasteiger partial charge in [-0.3, -0.25) is 27.8 Å². The molecule has 0 bridgehead atoms. The number of amides is 2. The van der Waals surface area contributed by atoms with Crippen molar-refractivity contribution in [3.05, 3.63) is 131 Å². The minimum Gasteiger partial charge on any atom is -0.385 e. The number of fused-ring (bicyclic) bond motifs is 6. The molecule has 8 rings (SSSR count). The molecule has 420 valence electrons. The van der Waals surface area contributed by atoms with Crippen LogP contribution in [0.15, 0.2) is 124 Å². The zero-order valence-corrected chi connectivity index (χ0v) is 46.8. The fraction of sp³-hybridized carbons (Fsp3) is 0.333. The maximum absolute atomic E-state index is 13.4. The molecule has 3 heterocycles. The molecule has 21 nitrogen and oxygen atoms in total. The first-order valence-corrected chi connectivity index (χ1v) is 30.7. The molecule has 2 atom stereocenters. The third-order valence-corrected chi connectivity index (χ3v) is 18.0. The van der Waals surface area contributed by atoms with Crippen LogP contribution < -0.4 is 4.90 Å². The highest BCUT2D eigenvalue weighted by Crippen LogP contribution is 2.54. The minimum absolute atomic E-state index is 0.00530. The molecule has 3 aliphatic rings. The molecule has 0 radical (unpaired) electrons. The number of nitrogens with zero attached hydrogens (tertiary/aromatic N) is 3. The van der Waals surface area contributed by atoms with Crippen molar-refractivity contribution in [2.24, 2.45) is 0 Å². The van der Waals surface area contributed by atoms with Crippen molar-refractivity contribution in [1.29, 1.82) is 0 Å². The van der Waals surface area contributed by atoms with E-state index in [2.05, 4.69) is 4.58 Å². The van der Waals surface area contributed by atoms with Crippen LogP contribution in [0.1, 0.15) is 86.3 Å². The number of ether oxygens (including phenoxy) is 2. The average molecular weight is 1170 g/mol. The molecule has 1 fully saturated rings. The molecule has 2 unspecified atom stereocenters. The predicted molar refractivity (Wildman–Crippen MR) is 292 cm³/mol. The number of methoxy groups -OCH3 is 2. The van der Waals surface area contributed by atoms with Crippen LogP contribution in [0.25, 0.3) is 27.1 Å². The Morgan fingerprint density at radius 3 is 1.91 bits per heavy atom. The van der Waals surface area contributed by atoms with Crippen molar-refractivity contribution in [1.82, 2.24) is 5.06 Å². The summed E-state index contributed by atoms with van der Waals surface area (Å²) in [5.41, 5.74) is 2.26. The fourth-order valence-corrected chi connectivity index (χ4v) is 13.2. The summed E-state index contributed by atoms with van der Waals surface area (Å²) in [6.07, 6.45) is 7.98. The van der Waals surface area contributed by atoms with E-state index in [0.29, 0.717) is 69.4 Å². The highest BCUT2D eigenvalue weighted by atomic mass is 32.2. The average Bonchev–Trinajstić information content (AvgIpc) is 4.00. The summed E-state index contributed by atoms with van der Waals surface area (Å²) in [5.74, 6) is -2.99. The second-order valence-electron chi connectivity index (χ2n) is 19.8.